The summed E-state index contributed by atoms with van der Waals surface area (Å²) in [6.07, 6.45) is -1.26. The third-order valence-corrected chi connectivity index (χ3v) is 4.74. The number of hydrogen-bond acceptors (Lipinski definition) is 4. The highest BCUT2D eigenvalue weighted by molar-refractivity contribution is 6.33. The van der Waals surface area contributed by atoms with Crippen LogP contribution in [0.15, 0.2) is 55.0 Å². The molecule has 4 rings (SSSR count). The van der Waals surface area contributed by atoms with Gasteiger partial charge in [-0.05, 0) is 36.4 Å². The van der Waals surface area contributed by atoms with E-state index >= 15 is 0 Å². The number of ether oxygens (including phenoxy) is 1. The maximum Gasteiger partial charge on any atom is 0.417 e. The summed E-state index contributed by atoms with van der Waals surface area (Å²) in [4.78, 5) is 14.4. The number of aromatic amines is 1. The Hall–Kier alpha value is -3.53. The minimum Gasteiger partial charge on any atom is -0.487 e. The molecule has 0 aliphatic rings. The van der Waals surface area contributed by atoms with Crippen molar-refractivity contribution in [3.8, 4) is 28.4 Å². The maximum atomic E-state index is 13.9. The maximum absolute atomic E-state index is 13.9. The molecule has 11 heteroatoms. The summed E-state index contributed by atoms with van der Waals surface area (Å²) >= 11 is 6.32. The third-order valence-electron chi connectivity index (χ3n) is 4.43. The number of H-pyrrole nitrogens is 1. The Labute approximate surface area is 182 Å². The summed E-state index contributed by atoms with van der Waals surface area (Å²) in [7, 11) is 0. The molecule has 0 saturated heterocycles. The normalized spacial score (nSPS) is 11.6. The van der Waals surface area contributed by atoms with Crippen LogP contribution in [0.2, 0.25) is 5.02 Å². The van der Waals surface area contributed by atoms with Crippen molar-refractivity contribution in [1.29, 1.82) is 0 Å². The lowest BCUT2D eigenvalue weighted by atomic mass is 10.1. The Morgan fingerprint density at radius 3 is 2.41 bits per heavy atom. The molecule has 0 aliphatic heterocycles. The second-order valence-corrected chi connectivity index (χ2v) is 7.00. The van der Waals surface area contributed by atoms with Gasteiger partial charge in [0.15, 0.2) is 0 Å². The number of hydrogen-bond donors (Lipinski definition) is 1. The molecule has 0 amide bonds. The smallest absolute Gasteiger partial charge is 0.417 e. The zero-order valence-electron chi connectivity index (χ0n) is 15.9. The Balaban J connectivity index is 1.48. The van der Waals surface area contributed by atoms with Crippen LogP contribution in [-0.2, 0) is 12.8 Å². The van der Waals surface area contributed by atoms with Crippen LogP contribution < -0.4 is 4.74 Å². The fourth-order valence-corrected chi connectivity index (χ4v) is 3.08. The summed E-state index contributed by atoms with van der Waals surface area (Å²) in [6.45, 7) is -0.384. The number of imidazole rings is 1. The summed E-state index contributed by atoms with van der Waals surface area (Å²) in [5.41, 5.74) is 0.300. The number of aromatic nitrogens is 4. The topological polar surface area (TPSA) is 63.7 Å². The van der Waals surface area contributed by atoms with Crippen molar-refractivity contribution >= 4 is 11.6 Å². The van der Waals surface area contributed by atoms with Crippen LogP contribution in [0.1, 0.15) is 11.3 Å². The van der Waals surface area contributed by atoms with Gasteiger partial charge in [-0.2, -0.15) is 17.6 Å². The molecular weight excluding hydrogens is 455 g/mol. The number of benzene rings is 1. The third kappa shape index (κ3) is 4.70. The van der Waals surface area contributed by atoms with Gasteiger partial charge in [0.1, 0.15) is 29.7 Å². The van der Waals surface area contributed by atoms with Crippen molar-refractivity contribution in [2.45, 2.75) is 12.8 Å². The predicted octanol–water partition coefficient (Wildman–Crippen LogP) is 6.06. The lowest BCUT2D eigenvalue weighted by Gasteiger charge is -2.10. The van der Waals surface area contributed by atoms with E-state index in [0.717, 1.165) is 0 Å². The zero-order chi connectivity index (χ0) is 22.9. The van der Waals surface area contributed by atoms with Crippen LogP contribution in [0.3, 0.4) is 0 Å². The van der Waals surface area contributed by atoms with Gasteiger partial charge in [-0.1, -0.05) is 11.6 Å². The number of nitrogens with zero attached hydrogens (tertiary/aromatic N) is 3. The van der Waals surface area contributed by atoms with Crippen LogP contribution in [0.4, 0.5) is 22.0 Å². The van der Waals surface area contributed by atoms with Crippen LogP contribution in [0, 0.1) is 11.8 Å². The SMILES string of the molecule is Fc1ccc(-c2ncc(-c3ccc(OCc4ncc(C(F)(F)F)cc4F)cc3Cl)[nH]2)cn1. The van der Waals surface area contributed by atoms with Gasteiger partial charge in [0.2, 0.25) is 5.95 Å². The van der Waals surface area contributed by atoms with Crippen LogP contribution >= 0.6 is 11.6 Å². The van der Waals surface area contributed by atoms with Gasteiger partial charge in [0.05, 0.1) is 22.5 Å². The summed E-state index contributed by atoms with van der Waals surface area (Å²) in [6, 6.07) is 7.77. The molecule has 0 bridgehead atoms. The van der Waals surface area contributed by atoms with Crippen molar-refractivity contribution in [1.82, 2.24) is 19.9 Å². The van der Waals surface area contributed by atoms with Crippen molar-refractivity contribution in [2.24, 2.45) is 0 Å². The van der Waals surface area contributed by atoms with Gasteiger partial charge in [0, 0.05) is 23.5 Å². The number of alkyl halides is 3. The molecule has 0 atom stereocenters. The summed E-state index contributed by atoms with van der Waals surface area (Å²) in [5, 5.41) is 0.288. The molecule has 1 aromatic carbocycles. The number of rotatable bonds is 5. The molecule has 5 nitrogen and oxygen atoms in total. The van der Waals surface area contributed by atoms with Gasteiger partial charge >= 0.3 is 6.18 Å². The van der Waals surface area contributed by atoms with Gasteiger partial charge < -0.3 is 9.72 Å². The fraction of sp³-hybridized carbons (Fsp3) is 0.0952. The lowest BCUT2D eigenvalue weighted by Crippen LogP contribution is -2.09. The van der Waals surface area contributed by atoms with Crippen LogP contribution in [0.25, 0.3) is 22.6 Å². The molecule has 0 unspecified atom stereocenters. The molecule has 1 N–H and O–H groups in total. The van der Waals surface area contributed by atoms with Gasteiger partial charge in [0.25, 0.3) is 0 Å². The molecular formula is C21H12ClF5N4O. The largest absolute Gasteiger partial charge is 0.487 e. The summed E-state index contributed by atoms with van der Waals surface area (Å²) in [5.74, 6) is -0.997. The highest BCUT2D eigenvalue weighted by Crippen LogP contribution is 2.32. The minimum atomic E-state index is -4.68. The number of nitrogens with one attached hydrogen (secondary N) is 1. The average molecular weight is 467 g/mol. The molecule has 4 aromatic rings. The second-order valence-electron chi connectivity index (χ2n) is 6.60. The first-order valence-electron chi connectivity index (χ1n) is 9.02. The highest BCUT2D eigenvalue weighted by atomic mass is 35.5. The Bertz CT molecular complexity index is 1260. The standard InChI is InChI=1S/C21H12ClF5N4O/c22-15-6-13(32-10-18-16(23)5-12(8-28-18)21(25,26)27)2-3-14(15)17-9-30-20(31-17)11-1-4-19(24)29-7-11/h1-9H,10H2,(H,30,31). The molecule has 0 aliphatic carbocycles. The van der Waals surface area contributed by atoms with E-state index < -0.39 is 23.5 Å². The number of halogens is 6. The Kier molecular flexibility index (Phi) is 5.79. The van der Waals surface area contributed by atoms with E-state index in [1.807, 2.05) is 0 Å². The number of pyridine rings is 2. The quantitative estimate of drug-likeness (QED) is 0.287. The average Bonchev–Trinajstić information content (AvgIpc) is 3.22. The van der Waals surface area contributed by atoms with Crippen molar-refractivity contribution < 1.29 is 26.7 Å². The molecule has 0 radical (unpaired) electrons. The van der Waals surface area contributed by atoms with Crippen LogP contribution in [-0.4, -0.2) is 19.9 Å². The van der Waals surface area contributed by atoms with Crippen molar-refractivity contribution in [2.75, 3.05) is 0 Å². The van der Waals surface area contributed by atoms with E-state index in [-0.39, 0.29) is 23.1 Å². The molecule has 3 aromatic heterocycles. The Morgan fingerprint density at radius 1 is 0.938 bits per heavy atom. The first-order chi connectivity index (χ1) is 15.2. The minimum absolute atomic E-state index is 0.266. The highest BCUT2D eigenvalue weighted by Gasteiger charge is 2.31. The van der Waals surface area contributed by atoms with Crippen LogP contribution in [0.5, 0.6) is 5.75 Å². The monoisotopic (exact) mass is 466 g/mol. The first-order valence-corrected chi connectivity index (χ1v) is 9.40. The van der Waals surface area contributed by atoms with Gasteiger partial charge in [-0.25, -0.2) is 14.4 Å². The fourth-order valence-electron chi connectivity index (χ4n) is 2.80. The molecule has 3 heterocycles. The van der Waals surface area contributed by atoms with E-state index in [1.165, 1.54) is 24.4 Å². The molecule has 32 heavy (non-hydrogen) atoms. The second kappa shape index (κ2) is 8.54. The van der Waals surface area contributed by atoms with Gasteiger partial charge in [-0.15, -0.1) is 0 Å². The van der Waals surface area contributed by atoms with E-state index in [1.54, 1.807) is 18.3 Å². The van der Waals surface area contributed by atoms with Gasteiger partial charge in [-0.3, -0.25) is 4.98 Å². The van der Waals surface area contributed by atoms with Crippen molar-refractivity contribution in [3.05, 3.63) is 83.0 Å². The van der Waals surface area contributed by atoms with E-state index in [2.05, 4.69) is 19.9 Å². The molecule has 0 fully saturated rings. The van der Waals surface area contributed by atoms with E-state index in [9.17, 15) is 22.0 Å². The van der Waals surface area contributed by atoms with E-state index in [0.29, 0.717) is 34.9 Å². The Morgan fingerprint density at radius 2 is 1.75 bits per heavy atom. The molecule has 0 spiro atoms. The lowest BCUT2D eigenvalue weighted by molar-refractivity contribution is -0.138. The van der Waals surface area contributed by atoms with E-state index in [4.69, 9.17) is 16.3 Å². The zero-order valence-corrected chi connectivity index (χ0v) is 16.7. The molecule has 0 saturated carbocycles. The molecule has 164 valence electrons. The predicted molar refractivity (Wildman–Crippen MR) is 106 cm³/mol. The summed E-state index contributed by atoms with van der Waals surface area (Å²) < 4.78 is 70.1. The van der Waals surface area contributed by atoms with Crippen molar-refractivity contribution in [3.63, 3.8) is 0 Å². The first kappa shape index (κ1) is 21.7.